The molecule has 3 aliphatic rings. The molecule has 0 aromatic carbocycles. The second kappa shape index (κ2) is 69.7. The summed E-state index contributed by atoms with van der Waals surface area (Å²) in [6, 6.07) is 16.3. The molecule has 0 radical (unpaired) electrons. The van der Waals surface area contributed by atoms with E-state index in [1.165, 1.54) is 0 Å². The van der Waals surface area contributed by atoms with E-state index in [0.29, 0.717) is 146 Å². The zero-order valence-corrected chi connectivity index (χ0v) is 97.8. The number of anilines is 6. The van der Waals surface area contributed by atoms with Crippen LogP contribution in [0.25, 0.3) is 0 Å². The second-order valence-electron chi connectivity index (χ2n) is 32.2. The third-order valence-corrected chi connectivity index (χ3v) is 26.0. The van der Waals surface area contributed by atoms with Crippen molar-refractivity contribution in [3.05, 3.63) is 146 Å². The Balaban J connectivity index is 0.000000349. The van der Waals surface area contributed by atoms with Crippen molar-refractivity contribution in [3.63, 3.8) is 0 Å². The Morgan fingerprint density at radius 1 is 0.421 bits per heavy atom. The predicted molar refractivity (Wildman–Crippen MR) is 598 cm³/mol. The molecule has 802 valence electrons. The SMILES string of the molecule is C#Cc1c(Cl)nc(NCCOC)nc1N[C@@H]1C[C@H](CO)[C@@H](O)[C@H]1O.CCOc1cc(I)c(O)c(C)n1.CCOc1cc(I)c(OCOC)c(C)n1.CCOc1ccc(OCOC)c(C)n1.COCCNc1nc(Cl)c(C#C[Si](C)(C)C)c(N[C@@H]2C[C@H](CO)[C@@H](O)[C@H]2O)n1.COCCNc1nc(Cl)c(I)c(N[C@@H]2C[C@H](CO)[C@@H](O)[C@H]2O)n1.COCOc1ccc(I)nc1C.Cc1nc(I)ccc1O.Cc1ncccc1O. The van der Waals surface area contributed by atoms with Gasteiger partial charge in [0.15, 0.2) is 36.4 Å². The van der Waals surface area contributed by atoms with Gasteiger partial charge in [-0.25, -0.2) is 24.9 Å². The van der Waals surface area contributed by atoms with E-state index in [1.54, 1.807) is 106 Å². The van der Waals surface area contributed by atoms with Crippen LogP contribution in [0.1, 0.15) is 85.3 Å². The van der Waals surface area contributed by atoms with Gasteiger partial charge in [0.2, 0.25) is 35.5 Å². The van der Waals surface area contributed by atoms with Gasteiger partial charge in [0, 0.05) is 124 Å². The fourth-order valence-electron chi connectivity index (χ4n) is 12.7. The third-order valence-electron chi connectivity index (χ3n) is 20.1. The van der Waals surface area contributed by atoms with Crippen LogP contribution in [0, 0.1) is 101 Å². The van der Waals surface area contributed by atoms with Crippen LogP contribution >= 0.6 is 148 Å². The lowest BCUT2D eigenvalue weighted by molar-refractivity contribution is 0.00442. The first kappa shape index (κ1) is 130. The second-order valence-corrected chi connectivity index (χ2v) is 43.7. The summed E-state index contributed by atoms with van der Waals surface area (Å²) >= 11 is 29.1. The van der Waals surface area contributed by atoms with Gasteiger partial charge in [-0.2, -0.15) is 29.9 Å². The summed E-state index contributed by atoms with van der Waals surface area (Å²) in [6.07, 6.45) is 2.26. The molecule has 0 spiro atoms. The van der Waals surface area contributed by atoms with Crippen molar-refractivity contribution < 1.29 is 118 Å². The maximum absolute atomic E-state index is 10.3. The van der Waals surface area contributed by atoms with Crippen molar-refractivity contribution in [1.82, 2.24) is 59.8 Å². The molecule has 3 aliphatic carbocycles. The van der Waals surface area contributed by atoms with Crippen molar-refractivity contribution in [2.75, 3.05) is 174 Å². The number of aliphatic hydroxyl groups is 9. The number of aromatic hydroxyl groups is 3. The van der Waals surface area contributed by atoms with Crippen LogP contribution < -0.4 is 60.3 Å². The molecular weight excluding hydrogens is 2530 g/mol. The van der Waals surface area contributed by atoms with E-state index in [2.05, 4.69) is 197 Å². The first-order valence-corrected chi connectivity index (χ1v) is 55.1. The van der Waals surface area contributed by atoms with Crippen molar-refractivity contribution >= 4 is 191 Å². The Kier molecular flexibility index (Phi) is 62.3. The first-order chi connectivity index (χ1) is 69.0. The minimum Gasteiger partial charge on any atom is -0.506 e. The van der Waals surface area contributed by atoms with Gasteiger partial charge >= 0.3 is 0 Å². The summed E-state index contributed by atoms with van der Waals surface area (Å²) in [6.45, 7) is 28.0. The Bertz CT molecular complexity index is 5430. The average Bonchev–Trinajstić information content (AvgIpc) is 1.72. The Hall–Kier alpha value is -7.60. The van der Waals surface area contributed by atoms with Crippen LogP contribution in [0.2, 0.25) is 35.1 Å². The van der Waals surface area contributed by atoms with Crippen LogP contribution in [0.15, 0.2) is 66.9 Å². The molecule has 0 aliphatic heterocycles. The van der Waals surface area contributed by atoms with Gasteiger partial charge in [-0.05, 0) is 237 Å². The van der Waals surface area contributed by atoms with Crippen molar-refractivity contribution in [2.45, 2.75) is 156 Å². The van der Waals surface area contributed by atoms with E-state index in [0.717, 1.165) is 48.9 Å². The van der Waals surface area contributed by atoms with Crippen LogP contribution in [0.3, 0.4) is 0 Å². The minimum atomic E-state index is -1.67. The topological polar surface area (TPSA) is 580 Å². The lowest BCUT2D eigenvalue weighted by Crippen LogP contribution is -2.36. The van der Waals surface area contributed by atoms with E-state index in [9.17, 15) is 51.1 Å². The van der Waals surface area contributed by atoms with Gasteiger partial charge in [0.05, 0.1) is 121 Å². The Morgan fingerprint density at radius 2 is 0.807 bits per heavy atom. The third kappa shape index (κ3) is 45.6. The normalized spacial score (nSPS) is 18.1. The number of aryl methyl sites for hydroxylation is 6. The van der Waals surface area contributed by atoms with Crippen molar-refractivity contribution in [2.24, 2.45) is 17.8 Å². The summed E-state index contributed by atoms with van der Waals surface area (Å²) in [5.74, 6) is 11.2. The molecule has 3 fully saturated rings. The first-order valence-electron chi connectivity index (χ1n) is 45.1. The number of aromatic nitrogens is 12. The summed E-state index contributed by atoms with van der Waals surface area (Å²) in [5, 5.41) is 134. The molecule has 0 bridgehead atoms. The molecule has 0 amide bonds. The molecule has 12 rings (SSSR count). The van der Waals surface area contributed by atoms with Crippen molar-refractivity contribution in [1.29, 1.82) is 0 Å². The van der Waals surface area contributed by atoms with E-state index in [4.69, 9.17) is 108 Å². The molecule has 9 aromatic heterocycles. The molecule has 0 saturated heterocycles. The largest absolute Gasteiger partial charge is 0.506 e. The highest BCUT2D eigenvalue weighted by Gasteiger charge is 2.44. The number of terminal acetylenes is 1. The quantitative estimate of drug-likeness (QED) is 0.00330. The number of pyridine rings is 6. The van der Waals surface area contributed by atoms with E-state index in [1.807, 2.05) is 111 Å². The highest BCUT2D eigenvalue weighted by molar-refractivity contribution is 14.1. The Morgan fingerprint density at radius 3 is 1.19 bits per heavy atom. The number of hydrogen-bond acceptors (Lipinski definition) is 42. The zero-order chi connectivity index (χ0) is 108. The summed E-state index contributed by atoms with van der Waals surface area (Å²) in [7, 11) is 7.87. The van der Waals surface area contributed by atoms with Gasteiger partial charge in [-0.3, -0.25) is 4.98 Å². The molecule has 145 heavy (non-hydrogen) atoms. The summed E-state index contributed by atoms with van der Waals surface area (Å²) in [4.78, 5) is 50.1. The van der Waals surface area contributed by atoms with Crippen LogP contribution in [-0.4, -0.2) is 326 Å². The summed E-state index contributed by atoms with van der Waals surface area (Å²) < 4.78 is 65.3. The lowest BCUT2D eigenvalue weighted by Gasteiger charge is -2.20. The molecule has 51 heteroatoms. The molecule has 12 atom stereocenters. The summed E-state index contributed by atoms with van der Waals surface area (Å²) in [5.41, 5.74) is 8.42. The number of nitrogens with zero attached hydrogens (tertiary/aromatic N) is 12. The smallest absolute Gasteiger partial charge is 0.226 e. The van der Waals surface area contributed by atoms with Gasteiger partial charge < -0.3 is 150 Å². The highest BCUT2D eigenvalue weighted by Crippen LogP contribution is 2.37. The average molecular weight is 2670 g/mol. The van der Waals surface area contributed by atoms with Gasteiger partial charge in [0.25, 0.3) is 0 Å². The zero-order valence-electron chi connectivity index (χ0n) is 83.7. The number of methoxy groups -OCH3 is 6. The van der Waals surface area contributed by atoms with E-state index in [-0.39, 0.29) is 96.2 Å². The molecule has 0 unspecified atom stereocenters. The Labute approximate surface area is 929 Å². The molecule has 3 saturated carbocycles. The van der Waals surface area contributed by atoms with Gasteiger partial charge in [-0.15, -0.1) is 12.0 Å². The molecule has 42 nitrogen and oxygen atoms in total. The minimum absolute atomic E-state index is 0.0988. The number of rotatable bonds is 36. The van der Waals surface area contributed by atoms with Gasteiger partial charge in [-0.1, -0.05) is 66.3 Å². The number of aliphatic hydroxyl groups excluding tert-OH is 9. The fourth-order valence-corrected chi connectivity index (χ4v) is 16.8. The maximum atomic E-state index is 10.3. The number of nitrogens with one attached hydrogen (secondary N) is 6. The standard InChI is InChI=1S/C18H29ClN4O4Si.C15H21ClN4O4.C13H20ClIN4O4.C10H14INO3.C10H15NO3.2C8H10INO2.C6H6INO.C6H7NO/c1-27-7-6-20-18-22-16(19)12(5-8-28(2,3)4)17(23-18)21-13-9-11(10-24)14(25)15(13)26;1-3-9-13(16)19-15(17-4-5-24-2)20-14(9)18-10-6-8(7-21)11(22)12(10)23;1-23-3-2-16-13-18-11(14)8(15)12(19-13)17-7-4-6(5-20)9(21)10(7)22;1-4-14-9-5-8(11)10(7(2)12-9)15-6-13-3;1-4-13-10-6-5-9(8(2)11-10)14-7-12-3;1-6-7(12-5-11-2)3-4-8(9)10-6;1-3-12-7-4-6(9)8(11)5(2)10-7;1-4-5(9)2-3-6(7)8-4;1-5-6(8)3-2-4-7-5/h11,13-15,24-26H,6-7,9-10H2,1-4H3,(H2,20,21,22,23);1,8,10-12,21-23H,4-7H2,2H3,(H2,17,18,19,20);6-7,9-10,20-22H,2-5H2,1H3,(H2,16,17,18,19);5H,4,6H2,1-3H3;5-6H,4,7H2,1-3H3;3-4H,5H2,1-2H3;4,11H,3H2,1-2H3;2-3,9H,1H3;2-4,8H,1H3/t11-,13-,14-,15+;8-,10-,11-,12+;6-,7-,9-,10+;;;;;;/m111....../s1. The number of hydrogen-bond donors (Lipinski definition) is 18. The number of ether oxygens (including phenoxy) is 12. The van der Waals surface area contributed by atoms with E-state index >= 15 is 0 Å². The van der Waals surface area contributed by atoms with Crippen LogP contribution in [-0.2, 0) is 28.4 Å². The van der Waals surface area contributed by atoms with Crippen LogP contribution in [0.5, 0.6) is 52.1 Å². The number of halogens is 8. The molecule has 18 N–H and O–H groups in total. The molecular formula is C94H132Cl3I5N18O24Si. The highest BCUT2D eigenvalue weighted by atomic mass is 127. The molecule has 9 heterocycles. The lowest BCUT2D eigenvalue weighted by atomic mass is 10.1. The fraction of sp³-hybridized carbons (Fsp3) is 0.511. The van der Waals surface area contributed by atoms with Crippen molar-refractivity contribution in [3.8, 4) is 75.9 Å². The predicted octanol–water partition coefficient (Wildman–Crippen LogP) is 11.9. The maximum Gasteiger partial charge on any atom is 0.226 e. The van der Waals surface area contributed by atoms with Gasteiger partial charge in [0.1, 0.15) is 96.3 Å². The van der Waals surface area contributed by atoms with E-state index < -0.39 is 74.7 Å². The molecule has 9 aromatic rings. The van der Waals surface area contributed by atoms with Crippen LogP contribution in [0.4, 0.5) is 35.3 Å². The monoisotopic (exact) mass is 2660 g/mol.